The molecule has 0 spiro atoms. The smallest absolute Gasteiger partial charge is 0.243 e. The third-order valence-electron chi connectivity index (χ3n) is 3.76. The van der Waals surface area contributed by atoms with Gasteiger partial charge in [-0.1, -0.05) is 6.07 Å². The molecule has 6 nitrogen and oxygen atoms in total. The van der Waals surface area contributed by atoms with Gasteiger partial charge in [-0.15, -0.1) is 0 Å². The molecule has 0 N–H and O–H groups in total. The first-order chi connectivity index (χ1) is 12.5. The Balaban J connectivity index is 1.97. The number of ether oxygens (including phenoxy) is 1. The maximum Gasteiger partial charge on any atom is 0.243 e. The van der Waals surface area contributed by atoms with Crippen molar-refractivity contribution in [2.24, 2.45) is 0 Å². The van der Waals surface area contributed by atoms with Gasteiger partial charge in [-0.3, -0.25) is 4.98 Å². The van der Waals surface area contributed by atoms with E-state index < -0.39 is 10.0 Å². The first-order valence-corrected chi connectivity index (χ1v) is 9.99. The lowest BCUT2D eigenvalue weighted by atomic mass is 10.3. The third-order valence-corrected chi connectivity index (χ3v) is 6.16. The average Bonchev–Trinajstić information content (AvgIpc) is 3.15. The van der Waals surface area contributed by atoms with Crippen molar-refractivity contribution in [3.05, 3.63) is 76.9 Å². The molecule has 0 fully saturated rings. The second kappa shape index (κ2) is 8.03. The minimum absolute atomic E-state index is 0.119. The Morgan fingerprint density at radius 2 is 2.04 bits per heavy atom. The maximum absolute atomic E-state index is 13.2. The summed E-state index contributed by atoms with van der Waals surface area (Å²) in [5, 5.41) is 0. The molecule has 2 aromatic heterocycles. The Bertz CT molecular complexity index is 960. The molecule has 136 valence electrons. The van der Waals surface area contributed by atoms with Crippen LogP contribution in [0.3, 0.4) is 0 Å². The molecule has 1 aromatic carbocycles. The van der Waals surface area contributed by atoms with E-state index in [-0.39, 0.29) is 18.0 Å². The number of hydrogen-bond donors (Lipinski definition) is 0. The number of aromatic nitrogens is 1. The summed E-state index contributed by atoms with van der Waals surface area (Å²) in [6.45, 7) is 0.300. The Kier molecular flexibility index (Phi) is 5.75. The molecule has 8 heteroatoms. The van der Waals surface area contributed by atoms with E-state index in [1.807, 2.05) is 6.07 Å². The van der Waals surface area contributed by atoms with E-state index in [0.29, 0.717) is 16.0 Å². The molecule has 0 saturated carbocycles. The summed E-state index contributed by atoms with van der Waals surface area (Å²) in [6, 6.07) is 11.8. The van der Waals surface area contributed by atoms with E-state index in [0.717, 1.165) is 5.56 Å². The second-order valence-electron chi connectivity index (χ2n) is 5.51. The van der Waals surface area contributed by atoms with Crippen molar-refractivity contribution in [3.8, 4) is 5.75 Å². The molecule has 2 heterocycles. The fraction of sp³-hybridized carbons (Fsp3) is 0.167. The predicted octanol–water partition coefficient (Wildman–Crippen LogP) is 3.84. The van der Waals surface area contributed by atoms with Crippen molar-refractivity contribution in [1.29, 1.82) is 0 Å². The van der Waals surface area contributed by atoms with Gasteiger partial charge in [0.05, 0.1) is 29.3 Å². The van der Waals surface area contributed by atoms with Gasteiger partial charge in [-0.05, 0) is 57.9 Å². The Morgan fingerprint density at radius 3 is 2.65 bits per heavy atom. The molecule has 0 bridgehead atoms. The number of furan rings is 1. The lowest BCUT2D eigenvalue weighted by Crippen LogP contribution is -2.30. The van der Waals surface area contributed by atoms with Crippen LogP contribution in [0.5, 0.6) is 5.75 Å². The highest BCUT2D eigenvalue weighted by molar-refractivity contribution is 9.10. The lowest BCUT2D eigenvalue weighted by Gasteiger charge is -2.21. The highest BCUT2D eigenvalue weighted by Crippen LogP contribution is 2.30. The molecule has 0 aliphatic heterocycles. The van der Waals surface area contributed by atoms with E-state index in [9.17, 15) is 8.42 Å². The normalized spacial score (nSPS) is 11.7. The first-order valence-electron chi connectivity index (χ1n) is 7.75. The minimum atomic E-state index is -3.76. The van der Waals surface area contributed by atoms with Crippen molar-refractivity contribution in [3.63, 3.8) is 0 Å². The standard InChI is InChI=1S/C18H17BrN2O4S/c1-24-18-7-6-16(10-17(18)19)26(22,23)21(13-15-5-3-9-25-15)12-14-4-2-8-20-11-14/h2-11H,12-13H2,1H3. The molecule has 0 amide bonds. The highest BCUT2D eigenvalue weighted by atomic mass is 79.9. The molecule has 3 rings (SSSR count). The largest absolute Gasteiger partial charge is 0.496 e. The van der Waals surface area contributed by atoms with Gasteiger partial charge in [0.2, 0.25) is 10.0 Å². The SMILES string of the molecule is COc1ccc(S(=O)(=O)N(Cc2cccnc2)Cc2ccco2)cc1Br. The Morgan fingerprint density at radius 1 is 1.19 bits per heavy atom. The van der Waals surface area contributed by atoms with E-state index in [1.165, 1.54) is 29.8 Å². The molecule has 0 unspecified atom stereocenters. The zero-order chi connectivity index (χ0) is 18.6. The molecule has 0 aliphatic rings. The van der Waals surface area contributed by atoms with Gasteiger partial charge < -0.3 is 9.15 Å². The number of halogens is 1. The Hall–Kier alpha value is -2.16. The third kappa shape index (κ3) is 4.14. The average molecular weight is 437 g/mol. The molecular formula is C18H17BrN2O4S. The number of rotatable bonds is 7. The van der Waals surface area contributed by atoms with Crippen molar-refractivity contribution in [2.75, 3.05) is 7.11 Å². The van der Waals surface area contributed by atoms with Gasteiger partial charge in [0.1, 0.15) is 11.5 Å². The van der Waals surface area contributed by atoms with E-state index in [4.69, 9.17) is 9.15 Å². The van der Waals surface area contributed by atoms with Gasteiger partial charge in [0.25, 0.3) is 0 Å². The van der Waals surface area contributed by atoms with Gasteiger partial charge in [0, 0.05) is 18.9 Å². The molecule has 0 atom stereocenters. The molecular weight excluding hydrogens is 420 g/mol. The number of nitrogens with zero attached hydrogens (tertiary/aromatic N) is 2. The fourth-order valence-electron chi connectivity index (χ4n) is 2.45. The van der Waals surface area contributed by atoms with Crippen molar-refractivity contribution in [2.45, 2.75) is 18.0 Å². The highest BCUT2D eigenvalue weighted by Gasteiger charge is 2.26. The summed E-state index contributed by atoms with van der Waals surface area (Å²) in [5.74, 6) is 1.12. The van der Waals surface area contributed by atoms with Gasteiger partial charge in [-0.25, -0.2) is 8.42 Å². The predicted molar refractivity (Wildman–Crippen MR) is 100 cm³/mol. The van der Waals surface area contributed by atoms with Crippen molar-refractivity contribution >= 4 is 26.0 Å². The van der Waals surface area contributed by atoms with Gasteiger partial charge in [0.15, 0.2) is 0 Å². The van der Waals surface area contributed by atoms with Crippen LogP contribution >= 0.6 is 15.9 Å². The van der Waals surface area contributed by atoms with Crippen LogP contribution in [-0.2, 0) is 23.1 Å². The number of methoxy groups -OCH3 is 1. The van der Waals surface area contributed by atoms with E-state index in [2.05, 4.69) is 20.9 Å². The fourth-order valence-corrected chi connectivity index (χ4v) is 4.57. The van der Waals surface area contributed by atoms with Crippen LogP contribution in [0.25, 0.3) is 0 Å². The number of benzene rings is 1. The molecule has 26 heavy (non-hydrogen) atoms. The topological polar surface area (TPSA) is 72.6 Å². The summed E-state index contributed by atoms with van der Waals surface area (Å²) < 4.78 is 38.9. The van der Waals surface area contributed by atoms with E-state index >= 15 is 0 Å². The van der Waals surface area contributed by atoms with Crippen LogP contribution < -0.4 is 4.74 Å². The van der Waals surface area contributed by atoms with E-state index in [1.54, 1.807) is 36.7 Å². The van der Waals surface area contributed by atoms with Gasteiger partial charge >= 0.3 is 0 Å². The zero-order valence-corrected chi connectivity index (χ0v) is 16.4. The lowest BCUT2D eigenvalue weighted by molar-refractivity contribution is 0.358. The first kappa shape index (κ1) is 18.6. The molecule has 0 radical (unpaired) electrons. The minimum Gasteiger partial charge on any atom is -0.496 e. The quantitative estimate of drug-likeness (QED) is 0.562. The summed E-state index contributed by atoms with van der Waals surface area (Å²) in [6.07, 6.45) is 4.82. The monoisotopic (exact) mass is 436 g/mol. The molecule has 0 aliphatic carbocycles. The Labute approximate surface area is 160 Å². The zero-order valence-electron chi connectivity index (χ0n) is 14.0. The maximum atomic E-state index is 13.2. The summed E-state index contributed by atoms with van der Waals surface area (Å²) in [7, 11) is -2.24. The summed E-state index contributed by atoms with van der Waals surface area (Å²) in [5.41, 5.74) is 0.787. The summed E-state index contributed by atoms with van der Waals surface area (Å²) in [4.78, 5) is 4.22. The van der Waals surface area contributed by atoms with Crippen LogP contribution in [0.2, 0.25) is 0 Å². The van der Waals surface area contributed by atoms with Gasteiger partial charge in [-0.2, -0.15) is 4.31 Å². The van der Waals surface area contributed by atoms with Crippen molar-refractivity contribution < 1.29 is 17.6 Å². The van der Waals surface area contributed by atoms with Crippen molar-refractivity contribution in [1.82, 2.24) is 9.29 Å². The number of sulfonamides is 1. The second-order valence-corrected chi connectivity index (χ2v) is 8.30. The number of hydrogen-bond acceptors (Lipinski definition) is 5. The molecule has 3 aromatic rings. The van der Waals surface area contributed by atoms with Crippen LogP contribution in [0.4, 0.5) is 0 Å². The van der Waals surface area contributed by atoms with Crippen LogP contribution in [-0.4, -0.2) is 24.8 Å². The summed E-state index contributed by atoms with van der Waals surface area (Å²) >= 11 is 3.34. The van der Waals surface area contributed by atoms with Crippen LogP contribution in [0, 0.1) is 0 Å². The molecule has 0 saturated heterocycles. The number of pyridine rings is 1. The van der Waals surface area contributed by atoms with Crippen LogP contribution in [0.1, 0.15) is 11.3 Å². The van der Waals surface area contributed by atoms with Crippen LogP contribution in [0.15, 0.2) is 74.9 Å².